The highest BCUT2D eigenvalue weighted by Crippen LogP contribution is 2.14. The van der Waals surface area contributed by atoms with Crippen LogP contribution in [-0.2, 0) is 20.0 Å². The molecule has 2 aromatic rings. The Morgan fingerprint density at radius 1 is 1.30 bits per heavy atom. The molecule has 2 heterocycles. The van der Waals surface area contributed by atoms with E-state index in [1.165, 1.54) is 11.9 Å². The number of rotatable bonds is 7. The van der Waals surface area contributed by atoms with Crippen LogP contribution in [0.5, 0.6) is 5.88 Å². The zero-order valence-electron chi connectivity index (χ0n) is 12.3. The maximum Gasteiger partial charge on any atom is 0.218 e. The summed E-state index contributed by atoms with van der Waals surface area (Å²) in [5, 5.41) is 7.70. The summed E-state index contributed by atoms with van der Waals surface area (Å²) in [6, 6.07) is 1.82. The second-order valence-electron chi connectivity index (χ2n) is 4.57. The zero-order valence-corrected chi connectivity index (χ0v) is 12.3. The normalized spacial score (nSPS) is 10.6. The molecule has 0 spiro atoms. The Bertz CT molecular complexity index is 552. The Balaban J connectivity index is 1.99. The van der Waals surface area contributed by atoms with Crippen LogP contribution in [-0.4, -0.2) is 26.4 Å². The Kier molecular flexibility index (Phi) is 4.92. The average molecular weight is 275 g/mol. The van der Waals surface area contributed by atoms with E-state index in [4.69, 9.17) is 4.74 Å². The Morgan fingerprint density at radius 2 is 2.15 bits per heavy atom. The van der Waals surface area contributed by atoms with Crippen molar-refractivity contribution in [2.75, 3.05) is 11.9 Å². The lowest BCUT2D eigenvalue weighted by Crippen LogP contribution is -2.04. The summed E-state index contributed by atoms with van der Waals surface area (Å²) in [5.74, 6) is 1.36. The molecule has 0 amide bonds. The third kappa shape index (κ3) is 3.69. The summed E-state index contributed by atoms with van der Waals surface area (Å²) in [6.07, 6.45) is 5.42. The first-order chi connectivity index (χ1) is 9.72. The van der Waals surface area contributed by atoms with Crippen LogP contribution in [0.25, 0.3) is 0 Å². The fourth-order valence-corrected chi connectivity index (χ4v) is 1.94. The van der Waals surface area contributed by atoms with Crippen molar-refractivity contribution in [2.24, 2.45) is 7.05 Å². The molecule has 0 unspecified atom stereocenters. The van der Waals surface area contributed by atoms with E-state index in [9.17, 15) is 0 Å². The van der Waals surface area contributed by atoms with Crippen molar-refractivity contribution in [1.29, 1.82) is 0 Å². The van der Waals surface area contributed by atoms with Crippen molar-refractivity contribution in [3.05, 3.63) is 29.8 Å². The molecule has 0 saturated carbocycles. The molecule has 0 radical (unpaired) electrons. The van der Waals surface area contributed by atoms with Crippen LogP contribution in [0.2, 0.25) is 0 Å². The molecule has 0 fully saturated rings. The van der Waals surface area contributed by atoms with Gasteiger partial charge in [0.1, 0.15) is 12.1 Å². The largest absolute Gasteiger partial charge is 0.478 e. The third-order valence-electron chi connectivity index (χ3n) is 2.88. The van der Waals surface area contributed by atoms with Gasteiger partial charge in [-0.1, -0.05) is 13.8 Å². The summed E-state index contributed by atoms with van der Waals surface area (Å²) in [7, 11) is 1.93. The topological polar surface area (TPSA) is 64.9 Å². The monoisotopic (exact) mass is 275 g/mol. The molecule has 20 heavy (non-hydrogen) atoms. The Hall–Kier alpha value is -2.11. The average Bonchev–Trinajstić information content (AvgIpc) is 2.83. The second-order valence-corrected chi connectivity index (χ2v) is 4.57. The molecule has 0 bridgehead atoms. The molecular formula is C14H21N5O. The van der Waals surface area contributed by atoms with Gasteiger partial charge in [0, 0.05) is 31.4 Å². The summed E-state index contributed by atoms with van der Waals surface area (Å²) in [4.78, 5) is 8.28. The summed E-state index contributed by atoms with van der Waals surface area (Å²) in [6.45, 7) is 5.53. The predicted octanol–water partition coefficient (Wildman–Crippen LogP) is 2.17. The number of aryl methyl sites for hydroxylation is 2. The van der Waals surface area contributed by atoms with Crippen LogP contribution in [0.3, 0.4) is 0 Å². The molecule has 2 rings (SSSR count). The van der Waals surface area contributed by atoms with Crippen molar-refractivity contribution >= 4 is 5.82 Å². The van der Waals surface area contributed by atoms with E-state index in [-0.39, 0.29) is 0 Å². The van der Waals surface area contributed by atoms with E-state index in [1.807, 2.05) is 24.0 Å². The molecular weight excluding hydrogens is 254 g/mol. The number of aromatic nitrogens is 4. The first kappa shape index (κ1) is 14.3. The quantitative estimate of drug-likeness (QED) is 0.839. The minimum absolute atomic E-state index is 0.603. The van der Waals surface area contributed by atoms with Crippen molar-refractivity contribution < 1.29 is 4.74 Å². The lowest BCUT2D eigenvalue weighted by Gasteiger charge is -2.07. The number of nitrogens with zero attached hydrogens (tertiary/aromatic N) is 4. The van der Waals surface area contributed by atoms with E-state index in [0.717, 1.165) is 24.4 Å². The van der Waals surface area contributed by atoms with E-state index >= 15 is 0 Å². The maximum atomic E-state index is 5.49. The van der Waals surface area contributed by atoms with Gasteiger partial charge in [0.25, 0.3) is 0 Å². The van der Waals surface area contributed by atoms with Crippen LogP contribution in [0, 0.1) is 0 Å². The van der Waals surface area contributed by atoms with E-state index in [1.54, 1.807) is 0 Å². The molecule has 6 nitrogen and oxygen atoms in total. The number of hydrogen-bond acceptors (Lipinski definition) is 5. The first-order valence-corrected chi connectivity index (χ1v) is 6.93. The lowest BCUT2D eigenvalue weighted by molar-refractivity contribution is 0.305. The Labute approximate surface area is 119 Å². The molecule has 0 aliphatic rings. The highest BCUT2D eigenvalue weighted by atomic mass is 16.5. The fourth-order valence-electron chi connectivity index (χ4n) is 1.94. The molecule has 0 aliphatic carbocycles. The molecule has 0 aromatic carbocycles. The van der Waals surface area contributed by atoms with Gasteiger partial charge in [-0.05, 0) is 12.8 Å². The van der Waals surface area contributed by atoms with Crippen LogP contribution in [0.1, 0.15) is 31.5 Å². The Morgan fingerprint density at radius 3 is 2.90 bits per heavy atom. The van der Waals surface area contributed by atoms with Crippen molar-refractivity contribution in [2.45, 2.75) is 33.2 Å². The minimum Gasteiger partial charge on any atom is -0.478 e. The van der Waals surface area contributed by atoms with E-state index in [2.05, 4.69) is 34.2 Å². The molecule has 108 valence electrons. The van der Waals surface area contributed by atoms with E-state index < -0.39 is 0 Å². The van der Waals surface area contributed by atoms with Crippen molar-refractivity contribution in [3.63, 3.8) is 0 Å². The molecule has 0 atom stereocenters. The van der Waals surface area contributed by atoms with Gasteiger partial charge in [-0.2, -0.15) is 5.10 Å². The van der Waals surface area contributed by atoms with Gasteiger partial charge in [-0.15, -0.1) is 0 Å². The van der Waals surface area contributed by atoms with Gasteiger partial charge < -0.3 is 10.1 Å². The number of nitrogens with one attached hydrogen (secondary N) is 1. The number of hydrogen-bond donors (Lipinski definition) is 1. The van der Waals surface area contributed by atoms with Crippen LogP contribution >= 0.6 is 0 Å². The predicted molar refractivity (Wildman–Crippen MR) is 77.7 cm³/mol. The molecule has 0 saturated heterocycles. The highest BCUT2D eigenvalue weighted by Gasteiger charge is 2.06. The first-order valence-electron chi connectivity index (χ1n) is 6.93. The van der Waals surface area contributed by atoms with E-state index in [0.29, 0.717) is 19.0 Å². The molecule has 0 aliphatic heterocycles. The van der Waals surface area contributed by atoms with Crippen LogP contribution < -0.4 is 10.1 Å². The third-order valence-corrected chi connectivity index (χ3v) is 2.88. The van der Waals surface area contributed by atoms with Crippen LogP contribution in [0.4, 0.5) is 5.82 Å². The van der Waals surface area contributed by atoms with Crippen LogP contribution in [0.15, 0.2) is 18.6 Å². The van der Waals surface area contributed by atoms with Gasteiger partial charge in [-0.25, -0.2) is 9.97 Å². The lowest BCUT2D eigenvalue weighted by atomic mass is 10.2. The highest BCUT2D eigenvalue weighted by molar-refractivity contribution is 5.38. The second kappa shape index (κ2) is 6.88. The number of anilines is 1. The van der Waals surface area contributed by atoms with Gasteiger partial charge in [0.05, 0.1) is 12.3 Å². The van der Waals surface area contributed by atoms with Crippen molar-refractivity contribution in [3.8, 4) is 5.88 Å². The van der Waals surface area contributed by atoms with Crippen molar-refractivity contribution in [1.82, 2.24) is 19.7 Å². The van der Waals surface area contributed by atoms with Gasteiger partial charge in [0.2, 0.25) is 5.88 Å². The SMILES string of the molecule is CCCOc1cc(NCc2cn(C)nc2CC)ncn1. The van der Waals surface area contributed by atoms with Gasteiger partial charge >= 0.3 is 0 Å². The standard InChI is InChI=1S/C14H21N5O/c1-4-6-20-14-7-13(16-10-17-14)15-8-11-9-19(3)18-12(11)5-2/h7,9-10H,4-6,8H2,1-3H3,(H,15,16,17). The van der Waals surface area contributed by atoms with Gasteiger partial charge in [-0.3, -0.25) is 4.68 Å². The fraction of sp³-hybridized carbons (Fsp3) is 0.500. The molecule has 6 heteroatoms. The molecule has 1 N–H and O–H groups in total. The minimum atomic E-state index is 0.603. The smallest absolute Gasteiger partial charge is 0.218 e. The zero-order chi connectivity index (χ0) is 14.4. The summed E-state index contributed by atoms with van der Waals surface area (Å²) >= 11 is 0. The van der Waals surface area contributed by atoms with Gasteiger partial charge in [0.15, 0.2) is 0 Å². The maximum absolute atomic E-state index is 5.49. The molecule has 2 aromatic heterocycles. The summed E-state index contributed by atoms with van der Waals surface area (Å²) < 4.78 is 7.33. The summed E-state index contributed by atoms with van der Waals surface area (Å²) in [5.41, 5.74) is 2.29. The number of ether oxygens (including phenoxy) is 1.